The molecule has 0 spiro atoms. The van der Waals surface area contributed by atoms with Crippen molar-refractivity contribution >= 4 is 23.6 Å². The summed E-state index contributed by atoms with van der Waals surface area (Å²) < 4.78 is 0. The minimum atomic E-state index is -2.08. The van der Waals surface area contributed by atoms with Gasteiger partial charge in [0.15, 0.2) is 0 Å². The van der Waals surface area contributed by atoms with E-state index in [1.807, 2.05) is 0 Å². The quantitative estimate of drug-likeness (QED) is 0.320. The summed E-state index contributed by atoms with van der Waals surface area (Å²) in [4.78, 5) is 0. The summed E-state index contributed by atoms with van der Waals surface area (Å²) >= 11 is 0. The number of aryl methyl sites for hydroxylation is 1. The minimum absolute atomic E-state index is 1.13. The number of rotatable bonds is 7. The SMILES string of the molecule is c1ccc(CCC[Si](c2ccccc2)(c2ccccc2)c2ccccc2)cc1. The first-order valence-corrected chi connectivity index (χ1v) is 12.3. The first kappa shape index (κ1) is 18.5. The van der Waals surface area contributed by atoms with Crippen molar-refractivity contribution in [2.75, 3.05) is 0 Å². The zero-order valence-corrected chi connectivity index (χ0v) is 17.2. The third kappa shape index (κ3) is 3.85. The Bertz CT molecular complexity index is 867. The average Bonchev–Trinajstić information content (AvgIpc) is 2.79. The van der Waals surface area contributed by atoms with Crippen molar-refractivity contribution in [1.29, 1.82) is 0 Å². The lowest BCUT2D eigenvalue weighted by Gasteiger charge is -2.34. The Morgan fingerprint density at radius 3 is 1.18 bits per heavy atom. The van der Waals surface area contributed by atoms with Gasteiger partial charge in [-0.2, -0.15) is 0 Å². The molecule has 0 nitrogen and oxygen atoms in total. The molecule has 0 bridgehead atoms. The van der Waals surface area contributed by atoms with Crippen molar-refractivity contribution in [3.8, 4) is 0 Å². The highest BCUT2D eigenvalue weighted by atomic mass is 28.3. The van der Waals surface area contributed by atoms with Crippen LogP contribution < -0.4 is 15.6 Å². The molecule has 28 heavy (non-hydrogen) atoms. The lowest BCUT2D eigenvalue weighted by Crippen LogP contribution is -2.66. The Hall–Kier alpha value is -2.90. The molecule has 4 rings (SSSR count). The maximum atomic E-state index is 2.34. The summed E-state index contributed by atoms with van der Waals surface area (Å²) in [5.74, 6) is 0. The topological polar surface area (TPSA) is 0 Å². The monoisotopic (exact) mass is 378 g/mol. The van der Waals surface area contributed by atoms with Crippen LogP contribution in [0.4, 0.5) is 0 Å². The molecule has 0 aliphatic rings. The van der Waals surface area contributed by atoms with Crippen LogP contribution in [-0.4, -0.2) is 8.07 Å². The van der Waals surface area contributed by atoms with Crippen molar-refractivity contribution in [2.45, 2.75) is 18.9 Å². The van der Waals surface area contributed by atoms with Gasteiger partial charge in [-0.05, 0) is 33.6 Å². The highest BCUT2D eigenvalue weighted by molar-refractivity contribution is 7.11. The molecule has 0 saturated heterocycles. The molecule has 0 saturated carbocycles. The molecule has 1 heteroatoms. The van der Waals surface area contributed by atoms with Crippen molar-refractivity contribution in [3.05, 3.63) is 127 Å². The maximum Gasteiger partial charge on any atom is 0.148 e. The molecule has 4 aromatic carbocycles. The maximum absolute atomic E-state index is 2.34. The van der Waals surface area contributed by atoms with Crippen LogP contribution in [0.15, 0.2) is 121 Å². The van der Waals surface area contributed by atoms with E-state index < -0.39 is 8.07 Å². The van der Waals surface area contributed by atoms with Crippen LogP contribution in [0, 0.1) is 0 Å². The molecule has 0 aromatic heterocycles. The summed E-state index contributed by atoms with van der Waals surface area (Å²) in [5.41, 5.74) is 1.43. The zero-order valence-electron chi connectivity index (χ0n) is 16.2. The highest BCUT2D eigenvalue weighted by Gasteiger charge is 2.38. The Balaban J connectivity index is 1.79. The first-order chi connectivity index (χ1) is 13.9. The third-order valence-electron chi connectivity index (χ3n) is 5.66. The molecule has 0 aliphatic heterocycles. The summed E-state index contributed by atoms with van der Waals surface area (Å²) in [6, 6.07) is 45.7. The normalized spacial score (nSPS) is 11.3. The van der Waals surface area contributed by atoms with Crippen LogP contribution >= 0.6 is 0 Å². The first-order valence-electron chi connectivity index (χ1n) is 10.1. The summed E-state index contributed by atoms with van der Waals surface area (Å²) in [6.07, 6.45) is 2.32. The lowest BCUT2D eigenvalue weighted by molar-refractivity contribution is 0.908. The van der Waals surface area contributed by atoms with Gasteiger partial charge in [0.25, 0.3) is 0 Å². The summed E-state index contributed by atoms with van der Waals surface area (Å²) in [5, 5.41) is 4.50. The van der Waals surface area contributed by atoms with Crippen molar-refractivity contribution in [3.63, 3.8) is 0 Å². The van der Waals surface area contributed by atoms with Crippen LogP contribution in [0.2, 0.25) is 6.04 Å². The van der Waals surface area contributed by atoms with Crippen molar-refractivity contribution < 1.29 is 0 Å². The third-order valence-corrected chi connectivity index (χ3v) is 10.7. The second-order valence-corrected chi connectivity index (χ2v) is 11.4. The largest absolute Gasteiger partial charge is 0.148 e. The Labute approximate surface area is 169 Å². The highest BCUT2D eigenvalue weighted by Crippen LogP contribution is 2.17. The molecule has 0 radical (unpaired) electrons. The van der Waals surface area contributed by atoms with E-state index in [0.717, 1.165) is 6.42 Å². The molecule has 0 aliphatic carbocycles. The number of hydrogen-bond donors (Lipinski definition) is 0. The van der Waals surface area contributed by atoms with Gasteiger partial charge in [-0.15, -0.1) is 0 Å². The Morgan fingerprint density at radius 1 is 0.429 bits per heavy atom. The van der Waals surface area contributed by atoms with Gasteiger partial charge < -0.3 is 0 Å². The Morgan fingerprint density at radius 2 is 0.786 bits per heavy atom. The van der Waals surface area contributed by atoms with Crippen LogP contribution in [0.5, 0.6) is 0 Å². The molecule has 4 aromatic rings. The van der Waals surface area contributed by atoms with Gasteiger partial charge in [0.1, 0.15) is 8.07 Å². The van der Waals surface area contributed by atoms with Gasteiger partial charge >= 0.3 is 0 Å². The molecular formula is C27H26Si. The molecule has 0 N–H and O–H groups in total. The minimum Gasteiger partial charge on any atom is -0.0624 e. The van der Waals surface area contributed by atoms with Gasteiger partial charge in [0.2, 0.25) is 0 Å². The van der Waals surface area contributed by atoms with Crippen molar-refractivity contribution in [2.24, 2.45) is 0 Å². The van der Waals surface area contributed by atoms with Gasteiger partial charge in [-0.25, -0.2) is 0 Å². The molecule has 0 amide bonds. The second-order valence-electron chi connectivity index (χ2n) is 7.34. The van der Waals surface area contributed by atoms with Gasteiger partial charge in [0, 0.05) is 0 Å². The molecule has 0 heterocycles. The van der Waals surface area contributed by atoms with Crippen LogP contribution in [0.3, 0.4) is 0 Å². The van der Waals surface area contributed by atoms with Gasteiger partial charge in [-0.1, -0.05) is 128 Å². The fraction of sp³-hybridized carbons (Fsp3) is 0.111. The van der Waals surface area contributed by atoms with Gasteiger partial charge in [-0.3, -0.25) is 0 Å². The smallest absolute Gasteiger partial charge is 0.0624 e. The Kier molecular flexibility index (Phi) is 5.84. The summed E-state index contributed by atoms with van der Waals surface area (Å²) in [7, 11) is -2.08. The van der Waals surface area contributed by atoms with E-state index in [0.29, 0.717) is 0 Å². The fourth-order valence-corrected chi connectivity index (χ4v) is 9.16. The second kappa shape index (κ2) is 8.86. The predicted molar refractivity (Wildman–Crippen MR) is 124 cm³/mol. The van der Waals surface area contributed by atoms with E-state index >= 15 is 0 Å². The van der Waals surface area contributed by atoms with Crippen LogP contribution in [-0.2, 0) is 6.42 Å². The number of benzene rings is 4. The zero-order chi connectivity index (χ0) is 19.1. The predicted octanol–water partition coefficient (Wildman–Crippen LogP) is 4.79. The lowest BCUT2D eigenvalue weighted by atomic mass is 10.1. The van der Waals surface area contributed by atoms with Gasteiger partial charge in [0.05, 0.1) is 0 Å². The fourth-order valence-electron chi connectivity index (χ4n) is 4.30. The van der Waals surface area contributed by atoms with E-state index in [4.69, 9.17) is 0 Å². The van der Waals surface area contributed by atoms with E-state index in [9.17, 15) is 0 Å². The van der Waals surface area contributed by atoms with E-state index in [1.54, 1.807) is 0 Å². The average molecular weight is 379 g/mol. The van der Waals surface area contributed by atoms with Crippen LogP contribution in [0.25, 0.3) is 0 Å². The van der Waals surface area contributed by atoms with E-state index in [2.05, 4.69) is 121 Å². The van der Waals surface area contributed by atoms with E-state index in [1.165, 1.54) is 33.6 Å². The molecule has 138 valence electrons. The standard InChI is InChI=1S/C27H26Si/c1-5-14-24(15-6-1)16-13-23-28(25-17-7-2-8-18-25,26-19-9-3-10-20-26)27-21-11-4-12-22-27/h1-12,14-15,17-22H,13,16,23H2. The van der Waals surface area contributed by atoms with Crippen molar-refractivity contribution in [1.82, 2.24) is 0 Å². The molecular weight excluding hydrogens is 352 g/mol. The summed E-state index contributed by atoms with van der Waals surface area (Å²) in [6.45, 7) is 0. The molecule has 0 unspecified atom stereocenters. The number of hydrogen-bond acceptors (Lipinski definition) is 0. The molecule has 0 atom stereocenters. The van der Waals surface area contributed by atoms with Crippen LogP contribution in [0.1, 0.15) is 12.0 Å². The molecule has 0 fully saturated rings. The van der Waals surface area contributed by atoms with E-state index in [-0.39, 0.29) is 0 Å².